The zero-order chi connectivity index (χ0) is 22.1. The van der Waals surface area contributed by atoms with E-state index in [2.05, 4.69) is 0 Å². The van der Waals surface area contributed by atoms with Gasteiger partial charge in [0, 0.05) is 20.3 Å². The van der Waals surface area contributed by atoms with Crippen molar-refractivity contribution in [2.75, 3.05) is 27.4 Å². The standard InChI is InChI=1S/C24H23NO6/c1-14-5-10-18-17(13-14)21(26)19-20(15-6-8-16(9-7-15)24(28)30-3)25(11-4-12-29-2)23(27)22(19)31-18/h5-10,13,20H,4,11-12H2,1-3H3/t20-/m0/s1. The van der Waals surface area contributed by atoms with Gasteiger partial charge in [-0.25, -0.2) is 4.79 Å². The summed E-state index contributed by atoms with van der Waals surface area (Å²) in [5.74, 6) is -0.707. The molecule has 0 saturated heterocycles. The van der Waals surface area contributed by atoms with Crippen molar-refractivity contribution in [1.29, 1.82) is 0 Å². The summed E-state index contributed by atoms with van der Waals surface area (Å²) in [5.41, 5.74) is 2.54. The van der Waals surface area contributed by atoms with Crippen LogP contribution in [0.4, 0.5) is 0 Å². The number of aryl methyl sites for hydroxylation is 1. The Balaban J connectivity index is 1.87. The Morgan fingerprint density at radius 1 is 1.10 bits per heavy atom. The molecule has 7 nitrogen and oxygen atoms in total. The second-order valence-electron chi connectivity index (χ2n) is 7.53. The van der Waals surface area contributed by atoms with Crippen LogP contribution in [0.15, 0.2) is 51.7 Å². The van der Waals surface area contributed by atoms with Gasteiger partial charge in [0.05, 0.1) is 29.7 Å². The van der Waals surface area contributed by atoms with Crippen LogP contribution in [0.3, 0.4) is 0 Å². The molecule has 160 valence electrons. The van der Waals surface area contributed by atoms with Gasteiger partial charge in [-0.1, -0.05) is 23.8 Å². The average molecular weight is 421 g/mol. The molecule has 1 atom stereocenters. The second kappa shape index (κ2) is 8.35. The number of methoxy groups -OCH3 is 2. The van der Waals surface area contributed by atoms with Crippen LogP contribution >= 0.6 is 0 Å². The number of benzene rings is 2. The lowest BCUT2D eigenvalue weighted by Crippen LogP contribution is -2.31. The maximum absolute atomic E-state index is 13.5. The maximum atomic E-state index is 13.5. The fraction of sp³-hybridized carbons (Fsp3) is 0.292. The largest absolute Gasteiger partial charge is 0.465 e. The second-order valence-corrected chi connectivity index (χ2v) is 7.53. The molecule has 1 aliphatic rings. The van der Waals surface area contributed by atoms with Crippen molar-refractivity contribution in [2.24, 2.45) is 0 Å². The molecule has 0 N–H and O–H groups in total. The first-order valence-electron chi connectivity index (χ1n) is 10.0. The molecule has 0 spiro atoms. The number of hydrogen-bond acceptors (Lipinski definition) is 6. The molecular weight excluding hydrogens is 398 g/mol. The molecule has 0 aliphatic carbocycles. The first-order chi connectivity index (χ1) is 15.0. The van der Waals surface area contributed by atoms with Crippen LogP contribution in [-0.2, 0) is 9.47 Å². The summed E-state index contributed by atoms with van der Waals surface area (Å²) >= 11 is 0. The Kier molecular flexibility index (Phi) is 5.61. The van der Waals surface area contributed by atoms with Crippen molar-refractivity contribution in [3.05, 3.63) is 80.7 Å². The minimum atomic E-state index is -0.604. The van der Waals surface area contributed by atoms with Gasteiger partial charge in [0.15, 0.2) is 5.43 Å². The molecule has 31 heavy (non-hydrogen) atoms. The molecule has 0 unspecified atom stereocenters. The first-order valence-corrected chi connectivity index (χ1v) is 10.0. The third-order valence-corrected chi connectivity index (χ3v) is 5.52. The summed E-state index contributed by atoms with van der Waals surface area (Å²) in [6, 6.07) is 11.5. The Morgan fingerprint density at radius 3 is 2.52 bits per heavy atom. The van der Waals surface area contributed by atoms with Crippen molar-refractivity contribution in [3.63, 3.8) is 0 Å². The van der Waals surface area contributed by atoms with Gasteiger partial charge in [0.2, 0.25) is 5.76 Å². The van der Waals surface area contributed by atoms with E-state index >= 15 is 0 Å². The van der Waals surface area contributed by atoms with Crippen LogP contribution in [0.1, 0.15) is 50.1 Å². The van der Waals surface area contributed by atoms with Crippen molar-refractivity contribution in [2.45, 2.75) is 19.4 Å². The van der Waals surface area contributed by atoms with E-state index in [9.17, 15) is 14.4 Å². The number of hydrogen-bond donors (Lipinski definition) is 0. The van der Waals surface area contributed by atoms with E-state index in [1.807, 2.05) is 13.0 Å². The molecular formula is C24H23NO6. The highest BCUT2D eigenvalue weighted by Crippen LogP contribution is 2.38. The van der Waals surface area contributed by atoms with E-state index in [1.54, 1.807) is 48.4 Å². The van der Waals surface area contributed by atoms with Gasteiger partial charge in [-0.3, -0.25) is 9.59 Å². The van der Waals surface area contributed by atoms with E-state index in [1.165, 1.54) is 7.11 Å². The third kappa shape index (κ3) is 3.61. The Labute approximate surface area is 179 Å². The molecule has 2 aromatic carbocycles. The number of esters is 1. The number of rotatable bonds is 6. The smallest absolute Gasteiger partial charge is 0.337 e. The van der Waals surface area contributed by atoms with E-state index in [4.69, 9.17) is 13.9 Å². The van der Waals surface area contributed by atoms with Gasteiger partial charge in [0.25, 0.3) is 5.91 Å². The highest BCUT2D eigenvalue weighted by Gasteiger charge is 2.42. The lowest BCUT2D eigenvalue weighted by molar-refractivity contribution is 0.0599. The lowest BCUT2D eigenvalue weighted by Gasteiger charge is -2.25. The molecule has 1 amide bonds. The minimum absolute atomic E-state index is 0.0702. The number of nitrogens with zero attached hydrogens (tertiary/aromatic N) is 1. The van der Waals surface area contributed by atoms with Crippen LogP contribution in [0, 0.1) is 6.92 Å². The molecule has 1 aliphatic heterocycles. The lowest BCUT2D eigenvalue weighted by atomic mass is 9.97. The average Bonchev–Trinajstić information content (AvgIpc) is 3.06. The van der Waals surface area contributed by atoms with Crippen molar-refractivity contribution in [1.82, 2.24) is 4.90 Å². The summed E-state index contributed by atoms with van der Waals surface area (Å²) in [6.07, 6.45) is 0.611. The molecule has 0 fully saturated rings. The van der Waals surface area contributed by atoms with Crippen LogP contribution in [0.25, 0.3) is 11.0 Å². The van der Waals surface area contributed by atoms with Crippen molar-refractivity contribution >= 4 is 22.8 Å². The summed E-state index contributed by atoms with van der Waals surface area (Å²) in [5, 5.41) is 0.446. The zero-order valence-corrected chi connectivity index (χ0v) is 17.6. The monoisotopic (exact) mass is 421 g/mol. The topological polar surface area (TPSA) is 86.0 Å². The van der Waals surface area contributed by atoms with Gasteiger partial charge < -0.3 is 18.8 Å². The van der Waals surface area contributed by atoms with Gasteiger partial charge in [-0.05, 0) is 43.2 Å². The zero-order valence-electron chi connectivity index (χ0n) is 17.6. The van der Waals surface area contributed by atoms with Crippen LogP contribution < -0.4 is 5.43 Å². The molecule has 4 rings (SSSR count). The highest BCUT2D eigenvalue weighted by molar-refractivity contribution is 5.99. The molecule has 3 aromatic rings. The van der Waals surface area contributed by atoms with Gasteiger partial charge >= 0.3 is 5.97 Å². The van der Waals surface area contributed by atoms with E-state index in [0.29, 0.717) is 41.7 Å². The summed E-state index contributed by atoms with van der Waals surface area (Å²) in [6.45, 7) is 2.78. The summed E-state index contributed by atoms with van der Waals surface area (Å²) < 4.78 is 15.8. The highest BCUT2D eigenvalue weighted by atomic mass is 16.5. The minimum Gasteiger partial charge on any atom is -0.465 e. The normalized spacial score (nSPS) is 15.4. The predicted molar refractivity (Wildman–Crippen MR) is 114 cm³/mol. The Hall–Kier alpha value is -3.45. The summed E-state index contributed by atoms with van der Waals surface area (Å²) in [7, 11) is 2.92. The number of ether oxygens (including phenoxy) is 2. The SMILES string of the molecule is COCCCN1C(=O)c2oc3ccc(C)cc3c(=O)c2[C@@H]1c1ccc(C(=O)OC)cc1. The fourth-order valence-electron chi connectivity index (χ4n) is 4.01. The molecule has 0 saturated carbocycles. The summed E-state index contributed by atoms with van der Waals surface area (Å²) in [4.78, 5) is 40.1. The molecule has 0 bridgehead atoms. The predicted octanol–water partition coefficient (Wildman–Crippen LogP) is 3.47. The van der Waals surface area contributed by atoms with Crippen molar-refractivity contribution < 1.29 is 23.5 Å². The Morgan fingerprint density at radius 2 is 1.84 bits per heavy atom. The van der Waals surface area contributed by atoms with Crippen LogP contribution in [0.5, 0.6) is 0 Å². The fourth-order valence-corrected chi connectivity index (χ4v) is 4.01. The van der Waals surface area contributed by atoms with E-state index < -0.39 is 12.0 Å². The van der Waals surface area contributed by atoms with E-state index in [-0.39, 0.29) is 17.1 Å². The third-order valence-electron chi connectivity index (χ3n) is 5.52. The number of carbonyl (C=O) groups is 2. The molecule has 1 aromatic heterocycles. The number of amides is 1. The van der Waals surface area contributed by atoms with Gasteiger partial charge in [0.1, 0.15) is 5.58 Å². The molecule has 0 radical (unpaired) electrons. The van der Waals surface area contributed by atoms with Crippen LogP contribution in [0.2, 0.25) is 0 Å². The van der Waals surface area contributed by atoms with Gasteiger partial charge in [-0.15, -0.1) is 0 Å². The molecule has 2 heterocycles. The van der Waals surface area contributed by atoms with Crippen molar-refractivity contribution in [3.8, 4) is 0 Å². The molecule has 7 heteroatoms. The number of fused-ring (bicyclic) bond motifs is 2. The quantitative estimate of drug-likeness (QED) is 0.448. The first kappa shape index (κ1) is 20.8. The van der Waals surface area contributed by atoms with Gasteiger partial charge in [-0.2, -0.15) is 0 Å². The maximum Gasteiger partial charge on any atom is 0.337 e. The number of carbonyl (C=O) groups excluding carboxylic acids is 2. The van der Waals surface area contributed by atoms with E-state index in [0.717, 1.165) is 11.1 Å². The Bertz CT molecular complexity index is 1210. The van der Waals surface area contributed by atoms with Crippen LogP contribution in [-0.4, -0.2) is 44.1 Å².